The zero-order valence-corrected chi connectivity index (χ0v) is 13.4. The molecule has 4 rings (SSSR count). The molecule has 8 nitrogen and oxygen atoms in total. The van der Waals surface area contributed by atoms with Crippen LogP contribution < -0.4 is 20.9 Å². The van der Waals surface area contributed by atoms with Crippen LogP contribution in [0.3, 0.4) is 0 Å². The van der Waals surface area contributed by atoms with Gasteiger partial charge in [-0.3, -0.25) is 9.55 Å². The van der Waals surface area contributed by atoms with E-state index in [1.165, 1.54) is 0 Å². The van der Waals surface area contributed by atoms with E-state index < -0.39 is 0 Å². The molecule has 0 amide bonds. The van der Waals surface area contributed by atoms with E-state index in [2.05, 4.69) is 15.0 Å². The number of hydrogen-bond donors (Lipinski definition) is 2. The largest absolute Gasteiger partial charge is 0.488 e. The number of aromatic amines is 1. The summed E-state index contributed by atoms with van der Waals surface area (Å²) in [5.74, 6) is 1.26. The summed E-state index contributed by atoms with van der Waals surface area (Å²) in [6.45, 7) is 1.13. The molecule has 1 aliphatic heterocycles. The Morgan fingerprint density at radius 3 is 3.04 bits per heavy atom. The summed E-state index contributed by atoms with van der Waals surface area (Å²) in [5.41, 5.74) is 7.46. The molecule has 0 saturated carbocycles. The first-order chi connectivity index (χ1) is 12.2. The summed E-state index contributed by atoms with van der Waals surface area (Å²) >= 11 is 0. The van der Waals surface area contributed by atoms with Crippen molar-refractivity contribution in [2.24, 2.45) is 0 Å². The first-order valence-corrected chi connectivity index (χ1v) is 7.96. The van der Waals surface area contributed by atoms with E-state index >= 15 is 0 Å². The van der Waals surface area contributed by atoms with Gasteiger partial charge in [-0.15, -0.1) is 0 Å². The van der Waals surface area contributed by atoms with Crippen LogP contribution in [0.5, 0.6) is 11.6 Å². The van der Waals surface area contributed by atoms with Gasteiger partial charge >= 0.3 is 5.69 Å². The van der Waals surface area contributed by atoms with Gasteiger partial charge in [0.15, 0.2) is 5.82 Å². The third-order valence-electron chi connectivity index (χ3n) is 3.96. The molecule has 0 atom stereocenters. The summed E-state index contributed by atoms with van der Waals surface area (Å²) in [7, 11) is 0. The predicted molar refractivity (Wildman–Crippen MR) is 99.6 cm³/mol. The number of nitrogens with two attached hydrogens (primary N) is 1. The second-order valence-electron chi connectivity index (χ2n) is 5.62. The Balaban J connectivity index is 0.00000196. The lowest BCUT2D eigenvalue weighted by molar-refractivity contribution is 0.312. The van der Waals surface area contributed by atoms with Gasteiger partial charge in [0.05, 0.1) is 18.7 Å². The molecule has 2 bridgehead atoms. The van der Waals surface area contributed by atoms with Crippen molar-refractivity contribution in [2.75, 3.05) is 18.9 Å². The Labute approximate surface area is 150 Å². The molecule has 8 heteroatoms. The Morgan fingerprint density at radius 1 is 1.27 bits per heavy atom. The van der Waals surface area contributed by atoms with Crippen LogP contribution in [0, 0.1) is 0 Å². The molecule has 0 unspecified atom stereocenters. The van der Waals surface area contributed by atoms with Gasteiger partial charge in [0.2, 0.25) is 5.88 Å². The fourth-order valence-electron chi connectivity index (χ4n) is 2.76. The second-order valence-corrected chi connectivity index (χ2v) is 5.62. The van der Waals surface area contributed by atoms with Crippen molar-refractivity contribution in [3.05, 3.63) is 52.7 Å². The highest BCUT2D eigenvalue weighted by molar-refractivity contribution is 5.85. The van der Waals surface area contributed by atoms with Crippen molar-refractivity contribution < 1.29 is 9.47 Å². The maximum atomic E-state index is 12.4. The number of ether oxygens (including phenoxy) is 2. The molecule has 26 heavy (non-hydrogen) atoms. The summed E-state index contributed by atoms with van der Waals surface area (Å²) in [5, 5.41) is 0. The normalized spacial score (nSPS) is 15.2. The van der Waals surface area contributed by atoms with E-state index in [0.29, 0.717) is 48.0 Å². The molecule has 3 N–H and O–H groups in total. The topological polar surface area (TPSA) is 108 Å². The van der Waals surface area contributed by atoms with Gasteiger partial charge in [-0.25, -0.2) is 4.79 Å². The van der Waals surface area contributed by atoms with E-state index in [1.54, 1.807) is 22.9 Å². The van der Waals surface area contributed by atoms with E-state index in [4.69, 9.17) is 15.2 Å². The Bertz CT molecular complexity index is 1010. The Kier molecular flexibility index (Phi) is 4.92. The molecule has 3 aromatic heterocycles. The number of pyridine rings is 2. The smallest absolute Gasteiger partial charge is 0.326 e. The fourth-order valence-corrected chi connectivity index (χ4v) is 2.76. The number of nitrogens with one attached hydrogen (secondary N) is 1. The SMILES string of the molecule is C.Nc1nc2cc3c1[nH]c(=O)n3Cc1ncccc1OC/C=C/CCO2. The Morgan fingerprint density at radius 2 is 2.15 bits per heavy atom. The minimum Gasteiger partial charge on any atom is -0.488 e. The van der Waals surface area contributed by atoms with Gasteiger partial charge in [0, 0.05) is 12.3 Å². The van der Waals surface area contributed by atoms with E-state index in [-0.39, 0.29) is 25.5 Å². The molecule has 0 radical (unpaired) electrons. The van der Waals surface area contributed by atoms with Gasteiger partial charge in [-0.05, 0) is 18.6 Å². The zero-order valence-electron chi connectivity index (χ0n) is 13.4. The van der Waals surface area contributed by atoms with Gasteiger partial charge in [-0.2, -0.15) is 4.98 Å². The number of H-pyrrole nitrogens is 1. The Hall–Kier alpha value is -3.29. The van der Waals surface area contributed by atoms with Crippen LogP contribution >= 0.6 is 0 Å². The maximum absolute atomic E-state index is 12.4. The maximum Gasteiger partial charge on any atom is 0.326 e. The van der Waals surface area contributed by atoms with Crippen molar-refractivity contribution >= 4 is 16.9 Å². The minimum atomic E-state index is -0.288. The lowest BCUT2D eigenvalue weighted by atomic mass is 10.3. The number of fused-ring (bicyclic) bond motifs is 2. The summed E-state index contributed by atoms with van der Waals surface area (Å²) in [6.07, 6.45) is 6.29. The van der Waals surface area contributed by atoms with Gasteiger partial charge in [-0.1, -0.05) is 19.6 Å². The molecule has 0 saturated heterocycles. The standard InChI is InChI=1S/C17H17N5O3.CH4/c18-16-15-12-9-14(20-16)25-8-3-1-2-7-24-13-5-4-6-19-11(13)10-22(12)17(23)21-15;/h1-2,4-6,9H,3,7-8,10H2,(H2,18,20)(H,21,23);1H4/b2-1+;. The van der Waals surface area contributed by atoms with Crippen molar-refractivity contribution in [2.45, 2.75) is 20.4 Å². The average molecular weight is 355 g/mol. The van der Waals surface area contributed by atoms with Crippen molar-refractivity contribution in [3.63, 3.8) is 0 Å². The molecule has 3 aromatic rings. The van der Waals surface area contributed by atoms with Crippen LogP contribution in [0.1, 0.15) is 19.5 Å². The number of imidazole rings is 1. The minimum absolute atomic E-state index is 0. The molecule has 0 aliphatic carbocycles. The van der Waals surface area contributed by atoms with Crippen LogP contribution in [0.2, 0.25) is 0 Å². The monoisotopic (exact) mass is 355 g/mol. The molecular formula is C18H21N5O3. The summed E-state index contributed by atoms with van der Waals surface area (Å²) in [4.78, 5) is 23.7. The lowest BCUT2D eigenvalue weighted by Crippen LogP contribution is -2.18. The molecule has 0 aromatic carbocycles. The molecule has 0 fully saturated rings. The van der Waals surface area contributed by atoms with Crippen LogP contribution in [0.25, 0.3) is 11.0 Å². The van der Waals surface area contributed by atoms with Crippen molar-refractivity contribution in [3.8, 4) is 11.6 Å². The predicted octanol–water partition coefficient (Wildman–Crippen LogP) is 2.10. The number of rotatable bonds is 0. The van der Waals surface area contributed by atoms with Gasteiger partial charge in [0.25, 0.3) is 0 Å². The molecule has 136 valence electrons. The molecule has 4 heterocycles. The second kappa shape index (κ2) is 7.30. The van der Waals surface area contributed by atoms with E-state index in [9.17, 15) is 4.79 Å². The average Bonchev–Trinajstić information content (AvgIpc) is 2.92. The number of nitrogens with zero attached hydrogens (tertiary/aromatic N) is 3. The van der Waals surface area contributed by atoms with E-state index in [1.807, 2.05) is 18.2 Å². The number of nitrogen functional groups attached to an aromatic ring is 1. The van der Waals surface area contributed by atoms with Gasteiger partial charge in [0.1, 0.15) is 23.6 Å². The first-order valence-electron chi connectivity index (χ1n) is 7.96. The highest BCUT2D eigenvalue weighted by Crippen LogP contribution is 2.24. The van der Waals surface area contributed by atoms with Gasteiger partial charge < -0.3 is 20.2 Å². The van der Waals surface area contributed by atoms with E-state index in [0.717, 1.165) is 0 Å². The van der Waals surface area contributed by atoms with Crippen LogP contribution in [0.4, 0.5) is 5.82 Å². The van der Waals surface area contributed by atoms with Crippen LogP contribution in [-0.2, 0) is 6.54 Å². The third-order valence-corrected chi connectivity index (χ3v) is 3.96. The van der Waals surface area contributed by atoms with Crippen LogP contribution in [0.15, 0.2) is 41.3 Å². The number of hydrogen-bond acceptors (Lipinski definition) is 6. The van der Waals surface area contributed by atoms with Crippen LogP contribution in [-0.4, -0.2) is 32.7 Å². The summed E-state index contributed by atoms with van der Waals surface area (Å²) in [6, 6.07) is 5.35. The molecular weight excluding hydrogens is 334 g/mol. The lowest BCUT2D eigenvalue weighted by Gasteiger charge is -2.11. The number of aromatic nitrogens is 4. The molecule has 1 aliphatic rings. The van der Waals surface area contributed by atoms with Crippen molar-refractivity contribution in [1.82, 2.24) is 19.5 Å². The van der Waals surface area contributed by atoms with Crippen molar-refractivity contribution in [1.29, 1.82) is 0 Å². The zero-order chi connectivity index (χ0) is 17.2. The highest BCUT2D eigenvalue weighted by atomic mass is 16.5. The molecule has 0 spiro atoms. The number of anilines is 1. The third kappa shape index (κ3) is 3.26. The fraction of sp³-hybridized carbons (Fsp3) is 0.278. The highest BCUT2D eigenvalue weighted by Gasteiger charge is 2.15. The quantitative estimate of drug-likeness (QED) is 0.598. The summed E-state index contributed by atoms with van der Waals surface area (Å²) < 4.78 is 13.0. The first kappa shape index (κ1) is 17.5.